The van der Waals surface area contributed by atoms with Crippen LogP contribution in [0, 0.1) is 12.8 Å². The van der Waals surface area contributed by atoms with Crippen molar-refractivity contribution in [3.63, 3.8) is 0 Å². The molecule has 1 fully saturated rings. The highest BCUT2D eigenvalue weighted by Gasteiger charge is 2.28. The fourth-order valence-corrected chi connectivity index (χ4v) is 4.25. The summed E-state index contributed by atoms with van der Waals surface area (Å²) in [6.07, 6.45) is 4.10. The zero-order valence-electron chi connectivity index (χ0n) is 19.3. The lowest BCUT2D eigenvalue weighted by Crippen LogP contribution is -2.46. The number of nitrogens with zero attached hydrogens (tertiary/aromatic N) is 4. The van der Waals surface area contributed by atoms with E-state index in [9.17, 15) is 9.59 Å². The molecule has 1 saturated heterocycles. The molecule has 1 amide bonds. The van der Waals surface area contributed by atoms with Gasteiger partial charge in [0, 0.05) is 39.5 Å². The lowest BCUT2D eigenvalue weighted by atomic mass is 9.97. The number of carbonyl (C=O) groups excluding carboxylic acids is 1. The van der Waals surface area contributed by atoms with Gasteiger partial charge in [0.2, 0.25) is 5.91 Å². The summed E-state index contributed by atoms with van der Waals surface area (Å²) in [5.74, 6) is 0.246. The number of anilines is 1. The molecule has 4 rings (SSSR count). The Morgan fingerprint density at radius 2 is 2.06 bits per heavy atom. The van der Waals surface area contributed by atoms with Crippen LogP contribution in [0.25, 0.3) is 11.2 Å². The first-order valence-electron chi connectivity index (χ1n) is 11.5. The lowest BCUT2D eigenvalue weighted by Gasteiger charge is -2.32. The molecule has 2 aromatic heterocycles. The minimum Gasteiger partial charge on any atom is -0.385 e. The van der Waals surface area contributed by atoms with Crippen LogP contribution in [0.1, 0.15) is 30.4 Å². The predicted octanol–water partition coefficient (Wildman–Crippen LogP) is 2.52. The van der Waals surface area contributed by atoms with Crippen molar-refractivity contribution in [2.45, 2.75) is 32.7 Å². The summed E-state index contributed by atoms with van der Waals surface area (Å²) in [6, 6.07) is 11.8. The summed E-state index contributed by atoms with van der Waals surface area (Å²) in [5.41, 5.74) is 3.26. The van der Waals surface area contributed by atoms with Gasteiger partial charge in [-0.1, -0.05) is 29.8 Å². The molecule has 0 saturated carbocycles. The summed E-state index contributed by atoms with van der Waals surface area (Å²) < 4.78 is 6.73. The predicted molar refractivity (Wildman–Crippen MR) is 129 cm³/mol. The quantitative estimate of drug-likeness (QED) is 0.532. The van der Waals surface area contributed by atoms with E-state index in [1.807, 2.05) is 48.2 Å². The number of amides is 1. The SMILES string of the molecule is COCCCNC(=O)[C@H]1CCCN(c2nc3cccnc3n(Cc3ccc(C)cc3)c2=O)C1. The number of methoxy groups -OCH3 is 1. The van der Waals surface area contributed by atoms with Gasteiger partial charge in [-0.15, -0.1) is 0 Å². The summed E-state index contributed by atoms with van der Waals surface area (Å²) in [6.45, 7) is 4.84. The summed E-state index contributed by atoms with van der Waals surface area (Å²) >= 11 is 0. The molecule has 0 aliphatic carbocycles. The van der Waals surface area contributed by atoms with Crippen LogP contribution >= 0.6 is 0 Å². The number of piperidine rings is 1. The molecule has 0 radical (unpaired) electrons. The van der Waals surface area contributed by atoms with Crippen LogP contribution in [-0.2, 0) is 16.1 Å². The van der Waals surface area contributed by atoms with E-state index in [2.05, 4.69) is 15.3 Å². The summed E-state index contributed by atoms with van der Waals surface area (Å²) in [7, 11) is 1.65. The molecular weight excluding hydrogens is 418 g/mol. The highest BCUT2D eigenvalue weighted by Crippen LogP contribution is 2.22. The molecule has 0 spiro atoms. The summed E-state index contributed by atoms with van der Waals surface area (Å²) in [4.78, 5) is 37.3. The molecule has 1 aromatic carbocycles. The second kappa shape index (κ2) is 10.6. The molecule has 1 aliphatic heterocycles. The zero-order chi connectivity index (χ0) is 23.2. The van der Waals surface area contributed by atoms with Gasteiger partial charge in [-0.3, -0.25) is 14.2 Å². The van der Waals surface area contributed by atoms with Crippen molar-refractivity contribution in [1.82, 2.24) is 19.9 Å². The minimum absolute atomic E-state index is 0.0261. The first-order valence-corrected chi connectivity index (χ1v) is 11.5. The van der Waals surface area contributed by atoms with Crippen LogP contribution in [-0.4, -0.2) is 53.8 Å². The van der Waals surface area contributed by atoms with Crippen LogP contribution in [0.5, 0.6) is 0 Å². The number of ether oxygens (including phenoxy) is 1. The van der Waals surface area contributed by atoms with Gasteiger partial charge in [0.25, 0.3) is 5.56 Å². The third-order valence-electron chi connectivity index (χ3n) is 6.06. The molecule has 0 bridgehead atoms. The third kappa shape index (κ3) is 5.39. The second-order valence-corrected chi connectivity index (χ2v) is 8.58. The molecule has 3 aromatic rings. The average molecular weight is 450 g/mol. The van der Waals surface area contributed by atoms with Crippen molar-refractivity contribution in [2.24, 2.45) is 5.92 Å². The number of benzene rings is 1. The monoisotopic (exact) mass is 449 g/mol. The fourth-order valence-electron chi connectivity index (χ4n) is 4.25. The number of rotatable bonds is 8. The lowest BCUT2D eigenvalue weighted by molar-refractivity contribution is -0.125. The van der Waals surface area contributed by atoms with Crippen LogP contribution in [0.3, 0.4) is 0 Å². The van der Waals surface area contributed by atoms with E-state index >= 15 is 0 Å². The Hall–Kier alpha value is -3.26. The van der Waals surface area contributed by atoms with Gasteiger partial charge in [0.1, 0.15) is 5.52 Å². The second-order valence-electron chi connectivity index (χ2n) is 8.58. The highest BCUT2D eigenvalue weighted by molar-refractivity contribution is 5.79. The van der Waals surface area contributed by atoms with Gasteiger partial charge < -0.3 is 15.0 Å². The van der Waals surface area contributed by atoms with E-state index in [1.165, 1.54) is 5.56 Å². The van der Waals surface area contributed by atoms with E-state index in [0.717, 1.165) is 24.8 Å². The molecule has 8 heteroatoms. The maximum absolute atomic E-state index is 13.6. The van der Waals surface area contributed by atoms with E-state index in [4.69, 9.17) is 4.74 Å². The van der Waals surface area contributed by atoms with Gasteiger partial charge in [0.05, 0.1) is 12.5 Å². The van der Waals surface area contributed by atoms with Gasteiger partial charge in [-0.05, 0) is 43.9 Å². The molecule has 1 N–H and O–H groups in total. The number of fused-ring (bicyclic) bond motifs is 1. The number of hydrogen-bond donors (Lipinski definition) is 1. The van der Waals surface area contributed by atoms with Crippen LogP contribution in [0.2, 0.25) is 0 Å². The molecule has 1 aliphatic rings. The summed E-state index contributed by atoms with van der Waals surface area (Å²) in [5, 5.41) is 2.99. The molecule has 33 heavy (non-hydrogen) atoms. The topological polar surface area (TPSA) is 89.3 Å². The van der Waals surface area contributed by atoms with E-state index < -0.39 is 0 Å². The van der Waals surface area contributed by atoms with E-state index in [-0.39, 0.29) is 17.4 Å². The average Bonchev–Trinajstić information content (AvgIpc) is 2.84. The van der Waals surface area contributed by atoms with Gasteiger partial charge in [-0.25, -0.2) is 9.97 Å². The Balaban J connectivity index is 1.61. The number of hydrogen-bond acceptors (Lipinski definition) is 6. The fraction of sp³-hybridized carbons (Fsp3) is 0.440. The Bertz CT molecular complexity index is 1160. The van der Waals surface area contributed by atoms with Crippen LogP contribution in [0.4, 0.5) is 5.82 Å². The van der Waals surface area contributed by atoms with Gasteiger partial charge >= 0.3 is 0 Å². The maximum Gasteiger partial charge on any atom is 0.295 e. The Morgan fingerprint density at radius 1 is 1.24 bits per heavy atom. The number of nitrogens with one attached hydrogen (secondary N) is 1. The van der Waals surface area contributed by atoms with E-state index in [0.29, 0.717) is 49.8 Å². The van der Waals surface area contributed by atoms with Crippen molar-refractivity contribution >= 4 is 22.9 Å². The number of carbonyl (C=O) groups is 1. The third-order valence-corrected chi connectivity index (χ3v) is 6.06. The first kappa shape index (κ1) is 22.9. The Morgan fingerprint density at radius 3 is 2.85 bits per heavy atom. The largest absolute Gasteiger partial charge is 0.385 e. The van der Waals surface area contributed by atoms with E-state index in [1.54, 1.807) is 17.9 Å². The van der Waals surface area contributed by atoms with Crippen molar-refractivity contribution in [2.75, 3.05) is 38.3 Å². The highest BCUT2D eigenvalue weighted by atomic mass is 16.5. The van der Waals surface area contributed by atoms with Crippen LogP contribution in [0.15, 0.2) is 47.4 Å². The Labute approximate surface area is 193 Å². The first-order chi connectivity index (χ1) is 16.1. The molecule has 174 valence electrons. The number of aromatic nitrogens is 3. The number of pyridine rings is 1. The number of aryl methyl sites for hydroxylation is 1. The van der Waals surface area contributed by atoms with Crippen molar-refractivity contribution < 1.29 is 9.53 Å². The molecule has 3 heterocycles. The van der Waals surface area contributed by atoms with Gasteiger partial charge in [0.15, 0.2) is 11.5 Å². The maximum atomic E-state index is 13.6. The zero-order valence-corrected chi connectivity index (χ0v) is 19.3. The van der Waals surface area contributed by atoms with Crippen molar-refractivity contribution in [1.29, 1.82) is 0 Å². The van der Waals surface area contributed by atoms with Crippen LogP contribution < -0.4 is 15.8 Å². The van der Waals surface area contributed by atoms with Crippen molar-refractivity contribution in [3.8, 4) is 0 Å². The molecule has 1 atom stereocenters. The molecule has 0 unspecified atom stereocenters. The standard InChI is InChI=1S/C25H31N5O3/c1-18-8-10-19(11-9-18)16-30-22-21(7-3-12-26-22)28-23(25(30)32)29-14-4-6-20(17-29)24(31)27-13-5-15-33-2/h3,7-12,20H,4-6,13-17H2,1-2H3,(H,27,31)/t20-/m0/s1. The normalized spacial score (nSPS) is 16.2. The molecular formula is C25H31N5O3. The smallest absolute Gasteiger partial charge is 0.295 e. The Kier molecular flexibility index (Phi) is 7.34. The minimum atomic E-state index is -0.178. The van der Waals surface area contributed by atoms with Gasteiger partial charge in [-0.2, -0.15) is 0 Å². The van der Waals surface area contributed by atoms with Crippen molar-refractivity contribution in [3.05, 3.63) is 64.1 Å². The molecule has 8 nitrogen and oxygen atoms in total.